The van der Waals surface area contributed by atoms with E-state index in [0.29, 0.717) is 5.92 Å². The number of hydrogen-bond donors (Lipinski definition) is 2. The number of fused-ring (bicyclic) bond motifs is 3. The van der Waals surface area contributed by atoms with Crippen molar-refractivity contribution in [3.8, 4) is 0 Å². The molecule has 1 spiro atoms. The van der Waals surface area contributed by atoms with Gasteiger partial charge < -0.3 is 14.9 Å². The van der Waals surface area contributed by atoms with Crippen molar-refractivity contribution < 1.29 is 14.9 Å². The van der Waals surface area contributed by atoms with E-state index in [1.54, 1.807) is 5.57 Å². The first-order valence-electron chi connectivity index (χ1n) is 12.9. The lowest BCUT2D eigenvalue weighted by molar-refractivity contribution is -0.0516. The number of aliphatic hydroxyl groups is 2. The van der Waals surface area contributed by atoms with Gasteiger partial charge in [0, 0.05) is 11.8 Å². The van der Waals surface area contributed by atoms with Crippen LogP contribution in [-0.4, -0.2) is 34.1 Å². The van der Waals surface area contributed by atoms with Crippen molar-refractivity contribution in [3.63, 3.8) is 0 Å². The molecule has 0 aromatic carbocycles. The van der Waals surface area contributed by atoms with Crippen LogP contribution in [0.5, 0.6) is 0 Å². The molecular weight excluding hydrogens is 372 g/mol. The number of hydrogen-bond acceptors (Lipinski definition) is 3. The van der Waals surface area contributed by atoms with Gasteiger partial charge in [-0.05, 0) is 73.2 Å². The number of epoxide rings is 1. The van der Waals surface area contributed by atoms with Gasteiger partial charge in [-0.3, -0.25) is 0 Å². The van der Waals surface area contributed by atoms with E-state index in [2.05, 4.69) is 34.6 Å². The van der Waals surface area contributed by atoms with Crippen LogP contribution in [0.1, 0.15) is 98.8 Å². The molecule has 1 saturated heterocycles. The highest BCUT2D eigenvalue weighted by Gasteiger charge is 2.77. The molecule has 30 heavy (non-hydrogen) atoms. The number of aliphatic hydroxyl groups excluding tert-OH is 2. The molecule has 5 aliphatic rings. The minimum absolute atomic E-state index is 0.0823. The monoisotopic (exact) mass is 416 g/mol. The maximum atomic E-state index is 11.5. The normalized spacial score (nSPS) is 50.6. The second-order valence-corrected chi connectivity index (χ2v) is 12.6. The Morgan fingerprint density at radius 1 is 1.03 bits per heavy atom. The van der Waals surface area contributed by atoms with Gasteiger partial charge in [-0.15, -0.1) is 0 Å². The third-order valence-electron chi connectivity index (χ3n) is 10.6. The molecule has 1 heterocycles. The number of ether oxygens (including phenoxy) is 1. The van der Waals surface area contributed by atoms with Crippen LogP contribution in [0.15, 0.2) is 11.1 Å². The van der Waals surface area contributed by atoms with Crippen molar-refractivity contribution in [2.75, 3.05) is 0 Å². The molecule has 0 aromatic rings. The van der Waals surface area contributed by atoms with Gasteiger partial charge in [-0.25, -0.2) is 0 Å². The fourth-order valence-corrected chi connectivity index (χ4v) is 8.89. The highest BCUT2D eigenvalue weighted by atomic mass is 16.6. The van der Waals surface area contributed by atoms with Gasteiger partial charge in [0.1, 0.15) is 17.8 Å². The first-order chi connectivity index (χ1) is 14.1. The lowest BCUT2D eigenvalue weighted by Crippen LogP contribution is -2.57. The molecule has 3 heteroatoms. The summed E-state index contributed by atoms with van der Waals surface area (Å²) in [5.74, 6) is 2.76. The summed E-state index contributed by atoms with van der Waals surface area (Å²) in [7, 11) is 0. The molecule has 3 nitrogen and oxygen atoms in total. The molecule has 1 aliphatic heterocycles. The van der Waals surface area contributed by atoms with Crippen LogP contribution in [-0.2, 0) is 4.74 Å². The smallest absolute Gasteiger partial charge is 0.118 e. The summed E-state index contributed by atoms with van der Waals surface area (Å²) >= 11 is 0. The Morgan fingerprint density at radius 2 is 1.80 bits per heavy atom. The van der Waals surface area contributed by atoms with Crippen molar-refractivity contribution >= 4 is 0 Å². The van der Waals surface area contributed by atoms with Crippen LogP contribution in [0.3, 0.4) is 0 Å². The lowest BCUT2D eigenvalue weighted by atomic mass is 9.48. The summed E-state index contributed by atoms with van der Waals surface area (Å²) in [5, 5.41) is 21.8. The van der Waals surface area contributed by atoms with Gasteiger partial charge in [-0.2, -0.15) is 0 Å². The van der Waals surface area contributed by atoms with Gasteiger partial charge in [0.15, 0.2) is 0 Å². The van der Waals surface area contributed by atoms with Gasteiger partial charge in [0.25, 0.3) is 0 Å². The third kappa shape index (κ3) is 2.80. The molecule has 4 aliphatic carbocycles. The Balaban J connectivity index is 1.44. The minimum Gasteiger partial charge on any atom is -0.393 e. The highest BCUT2D eigenvalue weighted by molar-refractivity contribution is 5.43. The molecule has 9 atom stereocenters. The van der Waals surface area contributed by atoms with E-state index in [1.807, 2.05) is 0 Å². The average Bonchev–Trinajstić information content (AvgIpc) is 3.29. The molecule has 2 N–H and O–H groups in total. The Morgan fingerprint density at radius 3 is 2.53 bits per heavy atom. The lowest BCUT2D eigenvalue weighted by Gasteiger charge is -2.56. The third-order valence-corrected chi connectivity index (χ3v) is 10.6. The van der Waals surface area contributed by atoms with Crippen LogP contribution >= 0.6 is 0 Å². The largest absolute Gasteiger partial charge is 0.393 e. The van der Waals surface area contributed by atoms with Crippen LogP contribution < -0.4 is 0 Å². The van der Waals surface area contributed by atoms with Gasteiger partial charge in [0.05, 0.1) is 6.10 Å². The second kappa shape index (κ2) is 7.06. The summed E-state index contributed by atoms with van der Waals surface area (Å²) in [6, 6.07) is 0. The molecule has 4 fully saturated rings. The van der Waals surface area contributed by atoms with Crippen molar-refractivity contribution in [1.82, 2.24) is 0 Å². The molecule has 0 amide bonds. The first-order valence-corrected chi connectivity index (χ1v) is 12.9. The SMILES string of the molecule is CC(C)CCC[C@@H](C)[C@H]1CCC2=C3[C@H](O)[C@@H]4OC45C[C@@H](O)CC[C@]5(C)[C@H]3CC[C@@]21C. The van der Waals surface area contributed by atoms with E-state index >= 15 is 0 Å². The summed E-state index contributed by atoms with van der Waals surface area (Å²) in [6.07, 6.45) is 10.8. The van der Waals surface area contributed by atoms with Crippen LogP contribution in [0.4, 0.5) is 0 Å². The fourth-order valence-electron chi connectivity index (χ4n) is 8.89. The average molecular weight is 417 g/mol. The number of rotatable bonds is 5. The summed E-state index contributed by atoms with van der Waals surface area (Å²) in [5.41, 5.74) is 3.08. The van der Waals surface area contributed by atoms with Crippen LogP contribution in [0.2, 0.25) is 0 Å². The Kier molecular flexibility index (Phi) is 5.05. The Bertz CT molecular complexity index is 728. The van der Waals surface area contributed by atoms with Gasteiger partial charge in [0.2, 0.25) is 0 Å². The molecule has 0 bridgehead atoms. The van der Waals surface area contributed by atoms with Gasteiger partial charge >= 0.3 is 0 Å². The number of allylic oxidation sites excluding steroid dienone is 1. The van der Waals surface area contributed by atoms with E-state index in [4.69, 9.17) is 4.74 Å². The molecule has 0 radical (unpaired) electrons. The zero-order valence-corrected chi connectivity index (χ0v) is 19.9. The zero-order valence-electron chi connectivity index (χ0n) is 19.9. The summed E-state index contributed by atoms with van der Waals surface area (Å²) in [6.45, 7) is 12.1. The summed E-state index contributed by atoms with van der Waals surface area (Å²) in [4.78, 5) is 0. The van der Waals surface area contributed by atoms with Crippen molar-refractivity contribution in [2.45, 2.75) is 123 Å². The van der Waals surface area contributed by atoms with Crippen LogP contribution in [0, 0.1) is 34.5 Å². The van der Waals surface area contributed by atoms with Crippen molar-refractivity contribution in [2.24, 2.45) is 34.5 Å². The van der Waals surface area contributed by atoms with E-state index in [-0.39, 0.29) is 28.6 Å². The Hall–Kier alpha value is -0.380. The predicted molar refractivity (Wildman–Crippen MR) is 120 cm³/mol. The quantitative estimate of drug-likeness (QED) is 0.451. The summed E-state index contributed by atoms with van der Waals surface area (Å²) < 4.78 is 6.33. The minimum atomic E-state index is -0.446. The topological polar surface area (TPSA) is 53.0 Å². The molecule has 1 unspecified atom stereocenters. The standard InChI is InChI=1S/C27H44O3/c1-16(2)7-6-8-17(3)19-9-10-20-22-21(12-13-25(19,20)4)26(5)14-11-18(28)15-27(26)24(30-27)23(22)29/h16-19,21,23-24,28-29H,6-15H2,1-5H3/t17-,18+,19-,21+,23+,24+,25-,26-,27?/m1/s1. The van der Waals surface area contributed by atoms with E-state index in [1.165, 1.54) is 50.5 Å². The predicted octanol–water partition coefficient (Wildman–Crippen LogP) is 5.63. The molecule has 5 rings (SSSR count). The van der Waals surface area contributed by atoms with E-state index < -0.39 is 6.10 Å². The van der Waals surface area contributed by atoms with Crippen molar-refractivity contribution in [1.29, 1.82) is 0 Å². The molecule has 170 valence electrons. The van der Waals surface area contributed by atoms with Crippen molar-refractivity contribution in [3.05, 3.63) is 11.1 Å². The maximum Gasteiger partial charge on any atom is 0.118 e. The Labute approximate surface area is 183 Å². The fraction of sp³-hybridized carbons (Fsp3) is 0.926. The molecular formula is C27H44O3. The zero-order chi connectivity index (χ0) is 21.5. The van der Waals surface area contributed by atoms with E-state index in [9.17, 15) is 10.2 Å². The molecule has 3 saturated carbocycles. The molecule has 0 aromatic heterocycles. The second-order valence-electron chi connectivity index (χ2n) is 12.6. The van der Waals surface area contributed by atoms with E-state index in [0.717, 1.165) is 37.0 Å². The highest BCUT2D eigenvalue weighted by Crippen LogP contribution is 2.72. The van der Waals surface area contributed by atoms with Crippen LogP contribution in [0.25, 0.3) is 0 Å². The maximum absolute atomic E-state index is 11.5. The first kappa shape index (κ1) is 21.5. The van der Waals surface area contributed by atoms with Gasteiger partial charge in [-0.1, -0.05) is 59.5 Å².